The van der Waals surface area contributed by atoms with E-state index in [0.717, 1.165) is 18.3 Å². The van der Waals surface area contributed by atoms with Crippen molar-refractivity contribution < 1.29 is 4.74 Å². The Morgan fingerprint density at radius 3 is 2.89 bits per heavy atom. The third-order valence-electron chi connectivity index (χ3n) is 3.45. The highest BCUT2D eigenvalue weighted by molar-refractivity contribution is 4.92. The van der Waals surface area contributed by atoms with Gasteiger partial charge in [0, 0.05) is 13.7 Å². The summed E-state index contributed by atoms with van der Waals surface area (Å²) in [7, 11) is 1.70. The zero-order valence-corrected chi connectivity index (χ0v) is 11.5. The van der Waals surface area contributed by atoms with Gasteiger partial charge in [0.1, 0.15) is 0 Å². The minimum absolute atomic E-state index is 0.150. The Bertz CT molecular complexity index is 363. The van der Waals surface area contributed by atoms with Gasteiger partial charge in [-0.05, 0) is 36.6 Å². The highest BCUT2D eigenvalue weighted by Gasteiger charge is 2.26. The second-order valence-corrected chi connectivity index (χ2v) is 5.18. The highest BCUT2D eigenvalue weighted by Crippen LogP contribution is 2.36. The van der Waals surface area contributed by atoms with E-state index in [2.05, 4.69) is 34.7 Å². The van der Waals surface area contributed by atoms with Gasteiger partial charge in [0.05, 0.1) is 18.7 Å². The van der Waals surface area contributed by atoms with Crippen molar-refractivity contribution in [3.05, 3.63) is 5.82 Å². The summed E-state index contributed by atoms with van der Waals surface area (Å²) in [4.78, 5) is 0. The molecule has 0 radical (unpaired) electrons. The van der Waals surface area contributed by atoms with Crippen molar-refractivity contribution in [3.8, 4) is 0 Å². The van der Waals surface area contributed by atoms with Gasteiger partial charge in [0.25, 0.3) is 0 Å². The molecule has 1 fully saturated rings. The quantitative estimate of drug-likeness (QED) is 0.708. The van der Waals surface area contributed by atoms with Crippen LogP contribution in [-0.2, 0) is 4.74 Å². The van der Waals surface area contributed by atoms with Crippen LogP contribution >= 0.6 is 0 Å². The Hall–Kier alpha value is -1.01. The number of hydrogen-bond donors (Lipinski definition) is 1. The van der Waals surface area contributed by atoms with E-state index in [1.807, 2.05) is 4.68 Å². The van der Waals surface area contributed by atoms with Crippen molar-refractivity contribution in [2.45, 2.75) is 45.2 Å². The molecule has 0 aliphatic heterocycles. The van der Waals surface area contributed by atoms with Gasteiger partial charge in [0.2, 0.25) is 0 Å². The van der Waals surface area contributed by atoms with Crippen LogP contribution < -0.4 is 5.32 Å². The summed E-state index contributed by atoms with van der Waals surface area (Å²) in [6.07, 6.45) is 3.91. The second kappa shape index (κ2) is 6.24. The minimum atomic E-state index is 0.150. The molecular formula is C12H23N5O. The number of rotatable bonds is 8. The normalized spacial score (nSPS) is 18.8. The molecule has 6 heteroatoms. The van der Waals surface area contributed by atoms with Crippen molar-refractivity contribution in [1.29, 1.82) is 0 Å². The zero-order valence-electron chi connectivity index (χ0n) is 11.5. The second-order valence-electron chi connectivity index (χ2n) is 5.18. The maximum absolute atomic E-state index is 5.03. The third kappa shape index (κ3) is 3.49. The van der Waals surface area contributed by atoms with E-state index in [-0.39, 0.29) is 6.04 Å². The highest BCUT2D eigenvalue weighted by atomic mass is 16.5. The van der Waals surface area contributed by atoms with Crippen LogP contribution in [0.25, 0.3) is 0 Å². The topological polar surface area (TPSA) is 64.9 Å². The lowest BCUT2D eigenvalue weighted by Gasteiger charge is -2.17. The molecule has 1 aliphatic rings. The third-order valence-corrected chi connectivity index (χ3v) is 3.45. The van der Waals surface area contributed by atoms with E-state index in [1.165, 1.54) is 19.3 Å². The first-order chi connectivity index (χ1) is 8.72. The van der Waals surface area contributed by atoms with Crippen LogP contribution in [0.15, 0.2) is 0 Å². The molecule has 0 spiro atoms. The van der Waals surface area contributed by atoms with Gasteiger partial charge in [-0.2, -0.15) is 0 Å². The molecule has 1 heterocycles. The van der Waals surface area contributed by atoms with Crippen molar-refractivity contribution in [3.63, 3.8) is 0 Å². The fraction of sp³-hybridized carbons (Fsp3) is 0.917. The SMILES string of the molecule is COCCNC(C)c1nnnn1C(C)CC1CC1. The number of aromatic nitrogens is 4. The van der Waals surface area contributed by atoms with E-state index in [0.29, 0.717) is 12.6 Å². The summed E-state index contributed by atoms with van der Waals surface area (Å²) < 4.78 is 6.99. The molecule has 102 valence electrons. The van der Waals surface area contributed by atoms with Crippen LogP contribution in [-0.4, -0.2) is 40.5 Å². The Labute approximate surface area is 108 Å². The van der Waals surface area contributed by atoms with E-state index in [9.17, 15) is 0 Å². The van der Waals surface area contributed by atoms with Crippen LogP contribution in [0.1, 0.15) is 51.0 Å². The molecule has 2 rings (SSSR count). The van der Waals surface area contributed by atoms with Crippen molar-refractivity contribution >= 4 is 0 Å². The van der Waals surface area contributed by atoms with Crippen molar-refractivity contribution in [2.75, 3.05) is 20.3 Å². The van der Waals surface area contributed by atoms with E-state index < -0.39 is 0 Å². The minimum Gasteiger partial charge on any atom is -0.383 e. The van der Waals surface area contributed by atoms with E-state index >= 15 is 0 Å². The lowest BCUT2D eigenvalue weighted by Crippen LogP contribution is -2.26. The lowest BCUT2D eigenvalue weighted by atomic mass is 10.1. The molecular weight excluding hydrogens is 230 g/mol. The van der Waals surface area contributed by atoms with Crippen LogP contribution in [0, 0.1) is 5.92 Å². The predicted molar refractivity (Wildman–Crippen MR) is 68.2 cm³/mol. The average molecular weight is 253 g/mol. The Kier molecular flexibility index (Phi) is 4.66. The van der Waals surface area contributed by atoms with Gasteiger partial charge in [-0.1, -0.05) is 12.8 Å². The molecule has 1 aliphatic carbocycles. The molecule has 1 saturated carbocycles. The number of methoxy groups -OCH3 is 1. The molecule has 2 unspecified atom stereocenters. The maximum Gasteiger partial charge on any atom is 0.168 e. The summed E-state index contributed by atoms with van der Waals surface area (Å²) >= 11 is 0. The molecule has 1 aromatic rings. The molecule has 2 atom stereocenters. The molecule has 1 aromatic heterocycles. The Morgan fingerprint density at radius 2 is 2.22 bits per heavy atom. The van der Waals surface area contributed by atoms with Gasteiger partial charge in [-0.15, -0.1) is 5.10 Å². The van der Waals surface area contributed by atoms with E-state index in [4.69, 9.17) is 4.74 Å². The summed E-state index contributed by atoms with van der Waals surface area (Å²) in [5, 5.41) is 15.4. The Morgan fingerprint density at radius 1 is 1.44 bits per heavy atom. The fourth-order valence-electron chi connectivity index (χ4n) is 2.20. The summed E-state index contributed by atoms with van der Waals surface area (Å²) in [5.41, 5.74) is 0. The smallest absolute Gasteiger partial charge is 0.168 e. The summed E-state index contributed by atoms with van der Waals surface area (Å²) in [6.45, 7) is 5.78. The molecule has 0 amide bonds. The van der Waals surface area contributed by atoms with Gasteiger partial charge >= 0.3 is 0 Å². The number of nitrogens with zero attached hydrogens (tertiary/aromatic N) is 4. The zero-order chi connectivity index (χ0) is 13.0. The average Bonchev–Trinajstić information content (AvgIpc) is 3.02. The summed E-state index contributed by atoms with van der Waals surface area (Å²) in [6, 6.07) is 0.533. The first-order valence-electron chi connectivity index (χ1n) is 6.72. The van der Waals surface area contributed by atoms with Crippen molar-refractivity contribution in [2.24, 2.45) is 5.92 Å². The van der Waals surface area contributed by atoms with Crippen LogP contribution in [0.2, 0.25) is 0 Å². The molecule has 1 N–H and O–H groups in total. The predicted octanol–water partition coefficient (Wildman–Crippen LogP) is 1.33. The van der Waals surface area contributed by atoms with Crippen molar-refractivity contribution in [1.82, 2.24) is 25.5 Å². The first-order valence-corrected chi connectivity index (χ1v) is 6.72. The maximum atomic E-state index is 5.03. The number of hydrogen-bond acceptors (Lipinski definition) is 5. The van der Waals surface area contributed by atoms with Gasteiger partial charge in [0.15, 0.2) is 5.82 Å². The van der Waals surface area contributed by atoms with E-state index in [1.54, 1.807) is 7.11 Å². The largest absolute Gasteiger partial charge is 0.383 e. The molecule has 0 bridgehead atoms. The number of tetrazole rings is 1. The molecule has 0 aromatic carbocycles. The van der Waals surface area contributed by atoms with Gasteiger partial charge in [-0.25, -0.2) is 4.68 Å². The number of ether oxygens (including phenoxy) is 1. The molecule has 6 nitrogen and oxygen atoms in total. The number of nitrogens with one attached hydrogen (secondary N) is 1. The van der Waals surface area contributed by atoms with Crippen LogP contribution in [0.5, 0.6) is 0 Å². The first kappa shape index (κ1) is 13.4. The van der Waals surface area contributed by atoms with Gasteiger partial charge < -0.3 is 10.1 Å². The van der Waals surface area contributed by atoms with Gasteiger partial charge in [-0.3, -0.25) is 0 Å². The van der Waals surface area contributed by atoms with Crippen LogP contribution in [0.4, 0.5) is 0 Å². The monoisotopic (exact) mass is 253 g/mol. The lowest BCUT2D eigenvalue weighted by molar-refractivity contribution is 0.195. The standard InChI is InChI=1S/C12H23N5O/c1-9(8-11-4-5-11)17-12(14-15-16-17)10(2)13-6-7-18-3/h9-11,13H,4-8H2,1-3H3. The molecule has 0 saturated heterocycles. The van der Waals surface area contributed by atoms with Crippen LogP contribution in [0.3, 0.4) is 0 Å². The summed E-state index contributed by atoms with van der Waals surface area (Å²) in [5.74, 6) is 1.80. The molecule has 18 heavy (non-hydrogen) atoms. The fourth-order valence-corrected chi connectivity index (χ4v) is 2.20. The Balaban J connectivity index is 1.92.